The Kier molecular flexibility index (Phi) is 4.41. The van der Waals surface area contributed by atoms with E-state index in [2.05, 4.69) is 9.72 Å². The van der Waals surface area contributed by atoms with Gasteiger partial charge in [-0.1, -0.05) is 0 Å². The van der Waals surface area contributed by atoms with Gasteiger partial charge in [-0.15, -0.1) is 0 Å². The second kappa shape index (κ2) is 5.81. The lowest BCUT2D eigenvalue weighted by Crippen LogP contribution is -2.11. The number of carbonyl (C=O) groups is 1. The highest BCUT2D eigenvalue weighted by Crippen LogP contribution is 2.28. The maximum absolute atomic E-state index is 12.7. The van der Waals surface area contributed by atoms with Crippen LogP contribution in [0, 0.1) is 21.4 Å². The first-order valence-electron chi connectivity index (χ1n) is 4.97. The number of nitro groups is 1. The second-order valence-corrected chi connectivity index (χ2v) is 3.19. The number of hydrogen-bond donors (Lipinski definition) is 0. The first-order valence-corrected chi connectivity index (χ1v) is 4.97. The van der Waals surface area contributed by atoms with Gasteiger partial charge in [-0.3, -0.25) is 0 Å². The fourth-order valence-corrected chi connectivity index (χ4v) is 1.28. The van der Waals surface area contributed by atoms with Crippen LogP contribution in [0.3, 0.4) is 0 Å². The standard InChI is InChI=1S/C10H7F2N3O4/c1-2-19-10(16)7-3-5(8(11)12)6(4-13)9(14-7)15(17)18/h3,8H,2H2,1H3. The molecule has 0 saturated carbocycles. The minimum atomic E-state index is -3.15. The number of rotatable bonds is 4. The molecule has 0 N–H and O–H groups in total. The van der Waals surface area contributed by atoms with Crippen molar-refractivity contribution >= 4 is 11.8 Å². The van der Waals surface area contributed by atoms with Gasteiger partial charge in [0.05, 0.1) is 6.61 Å². The minimum absolute atomic E-state index is 0.0433. The molecule has 0 unspecified atom stereocenters. The number of hydrogen-bond acceptors (Lipinski definition) is 6. The molecule has 0 aliphatic heterocycles. The summed E-state index contributed by atoms with van der Waals surface area (Å²) in [5, 5.41) is 19.4. The van der Waals surface area contributed by atoms with E-state index in [9.17, 15) is 23.7 Å². The van der Waals surface area contributed by atoms with Crippen molar-refractivity contribution in [3.05, 3.63) is 33.0 Å². The molecule has 100 valence electrons. The fourth-order valence-electron chi connectivity index (χ4n) is 1.28. The molecule has 9 heteroatoms. The van der Waals surface area contributed by atoms with Gasteiger partial charge >= 0.3 is 11.8 Å². The Morgan fingerprint density at radius 3 is 2.74 bits per heavy atom. The summed E-state index contributed by atoms with van der Waals surface area (Å²) in [4.78, 5) is 24.2. The van der Waals surface area contributed by atoms with Crippen molar-refractivity contribution in [2.24, 2.45) is 0 Å². The van der Waals surface area contributed by atoms with Gasteiger partial charge < -0.3 is 14.9 Å². The van der Waals surface area contributed by atoms with Crippen LogP contribution in [0.5, 0.6) is 0 Å². The quantitative estimate of drug-likeness (QED) is 0.470. The molecule has 0 radical (unpaired) electrons. The summed E-state index contributed by atoms with van der Waals surface area (Å²) in [7, 11) is 0. The fraction of sp³-hybridized carbons (Fsp3) is 0.300. The van der Waals surface area contributed by atoms with Gasteiger partial charge in [0.1, 0.15) is 6.07 Å². The molecule has 19 heavy (non-hydrogen) atoms. The Morgan fingerprint density at radius 1 is 1.68 bits per heavy atom. The molecular weight excluding hydrogens is 264 g/mol. The Hall–Kier alpha value is -2.63. The van der Waals surface area contributed by atoms with Gasteiger partial charge in [0, 0.05) is 11.6 Å². The van der Waals surface area contributed by atoms with Crippen LogP contribution in [0.1, 0.15) is 35.0 Å². The van der Waals surface area contributed by atoms with Crippen LogP contribution in [0.2, 0.25) is 0 Å². The molecule has 0 aliphatic carbocycles. The Labute approximate surface area is 105 Å². The average Bonchev–Trinajstić information content (AvgIpc) is 2.36. The Morgan fingerprint density at radius 2 is 2.32 bits per heavy atom. The molecule has 0 amide bonds. The summed E-state index contributed by atoms with van der Waals surface area (Å²) in [6.45, 7) is 1.43. The zero-order valence-electron chi connectivity index (χ0n) is 9.59. The molecule has 1 rings (SSSR count). The van der Waals surface area contributed by atoms with Crippen molar-refractivity contribution in [3.63, 3.8) is 0 Å². The van der Waals surface area contributed by atoms with E-state index in [4.69, 9.17) is 5.26 Å². The third-order valence-corrected chi connectivity index (χ3v) is 2.04. The van der Waals surface area contributed by atoms with Crippen LogP contribution in [0.15, 0.2) is 6.07 Å². The number of ether oxygens (including phenoxy) is 1. The highest BCUT2D eigenvalue weighted by molar-refractivity contribution is 5.88. The van der Waals surface area contributed by atoms with Gasteiger partial charge in [0.15, 0.2) is 5.56 Å². The van der Waals surface area contributed by atoms with Gasteiger partial charge in [-0.2, -0.15) is 5.26 Å². The van der Waals surface area contributed by atoms with Crippen molar-refractivity contribution in [3.8, 4) is 6.07 Å². The monoisotopic (exact) mass is 271 g/mol. The van der Waals surface area contributed by atoms with Crippen LogP contribution in [-0.4, -0.2) is 22.5 Å². The molecule has 0 aliphatic rings. The molecule has 0 aromatic carbocycles. The topological polar surface area (TPSA) is 106 Å². The summed E-state index contributed by atoms with van der Waals surface area (Å²) in [6.07, 6.45) is -3.15. The Bertz CT molecular complexity index is 569. The summed E-state index contributed by atoms with van der Waals surface area (Å²) < 4.78 is 30.0. The Balaban J connectivity index is 3.51. The van der Waals surface area contributed by atoms with E-state index >= 15 is 0 Å². The SMILES string of the molecule is CCOC(=O)c1cc(C(F)F)c(C#N)c([N+](=O)[O-])n1. The van der Waals surface area contributed by atoms with Crippen LogP contribution >= 0.6 is 0 Å². The zero-order chi connectivity index (χ0) is 14.6. The van der Waals surface area contributed by atoms with E-state index in [0.29, 0.717) is 6.07 Å². The highest BCUT2D eigenvalue weighted by Gasteiger charge is 2.30. The lowest BCUT2D eigenvalue weighted by Gasteiger charge is -2.04. The maximum Gasteiger partial charge on any atom is 0.383 e. The highest BCUT2D eigenvalue weighted by atomic mass is 19.3. The van der Waals surface area contributed by atoms with Crippen molar-refractivity contribution < 1.29 is 23.2 Å². The van der Waals surface area contributed by atoms with E-state index < -0.39 is 40.0 Å². The van der Waals surface area contributed by atoms with Gasteiger partial charge in [-0.25, -0.2) is 13.6 Å². The van der Waals surface area contributed by atoms with Crippen molar-refractivity contribution in [2.45, 2.75) is 13.3 Å². The summed E-state index contributed by atoms with van der Waals surface area (Å²) in [5.41, 5.74) is -2.43. The minimum Gasteiger partial charge on any atom is -0.460 e. The maximum atomic E-state index is 12.7. The molecule has 1 aromatic heterocycles. The third-order valence-electron chi connectivity index (χ3n) is 2.04. The summed E-state index contributed by atoms with van der Waals surface area (Å²) >= 11 is 0. The van der Waals surface area contributed by atoms with Crippen LogP contribution in [-0.2, 0) is 4.74 Å². The average molecular weight is 271 g/mol. The van der Waals surface area contributed by atoms with Gasteiger partial charge in [0.25, 0.3) is 12.1 Å². The van der Waals surface area contributed by atoms with E-state index in [1.54, 1.807) is 0 Å². The number of alkyl halides is 2. The number of esters is 1. The number of pyridine rings is 1. The molecule has 0 saturated heterocycles. The number of aromatic nitrogens is 1. The molecule has 0 bridgehead atoms. The second-order valence-electron chi connectivity index (χ2n) is 3.19. The van der Waals surface area contributed by atoms with Crippen LogP contribution < -0.4 is 0 Å². The molecular formula is C10H7F2N3O4. The lowest BCUT2D eigenvalue weighted by atomic mass is 10.1. The van der Waals surface area contributed by atoms with E-state index in [0.717, 1.165) is 0 Å². The molecule has 7 nitrogen and oxygen atoms in total. The smallest absolute Gasteiger partial charge is 0.383 e. The summed E-state index contributed by atoms with van der Waals surface area (Å²) in [6, 6.07) is 1.91. The predicted octanol–water partition coefficient (Wildman–Crippen LogP) is 1.98. The normalized spacial score (nSPS) is 10.1. The molecule has 0 atom stereocenters. The van der Waals surface area contributed by atoms with Gasteiger partial charge in [-0.05, 0) is 16.8 Å². The zero-order valence-corrected chi connectivity index (χ0v) is 9.59. The first kappa shape index (κ1) is 14.4. The summed E-state index contributed by atoms with van der Waals surface area (Å²) in [5.74, 6) is -2.17. The lowest BCUT2D eigenvalue weighted by molar-refractivity contribution is -0.390. The van der Waals surface area contributed by atoms with Crippen molar-refractivity contribution in [2.75, 3.05) is 6.61 Å². The predicted molar refractivity (Wildman–Crippen MR) is 56.5 cm³/mol. The number of carbonyl (C=O) groups excluding carboxylic acids is 1. The van der Waals surface area contributed by atoms with Crippen molar-refractivity contribution in [1.82, 2.24) is 4.98 Å². The van der Waals surface area contributed by atoms with E-state index in [1.807, 2.05) is 0 Å². The molecule has 1 aromatic rings. The third kappa shape index (κ3) is 2.98. The number of halogens is 2. The van der Waals surface area contributed by atoms with E-state index in [1.165, 1.54) is 13.0 Å². The van der Waals surface area contributed by atoms with Crippen LogP contribution in [0.25, 0.3) is 0 Å². The number of nitriles is 1. The largest absolute Gasteiger partial charge is 0.460 e. The number of nitrogens with zero attached hydrogens (tertiary/aromatic N) is 3. The van der Waals surface area contributed by atoms with Gasteiger partial charge in [0.2, 0.25) is 0 Å². The van der Waals surface area contributed by atoms with E-state index in [-0.39, 0.29) is 6.61 Å². The molecule has 1 heterocycles. The van der Waals surface area contributed by atoms with Crippen molar-refractivity contribution in [1.29, 1.82) is 5.26 Å². The molecule has 0 fully saturated rings. The molecule has 0 spiro atoms. The first-order chi connectivity index (χ1) is 8.92. The van der Waals surface area contributed by atoms with Crippen LogP contribution in [0.4, 0.5) is 14.6 Å².